The van der Waals surface area contributed by atoms with E-state index in [4.69, 9.17) is 21.1 Å². The molecule has 1 saturated heterocycles. The SMILES string of the molecule is Clc1ccc(CNCC2COCCO2)c2ncccc12. The lowest BCUT2D eigenvalue weighted by Gasteiger charge is -2.23. The smallest absolute Gasteiger partial charge is 0.0933 e. The number of hydrogen-bond donors (Lipinski definition) is 1. The molecule has 1 aliphatic rings. The highest BCUT2D eigenvalue weighted by Crippen LogP contribution is 2.24. The number of hydrogen-bond acceptors (Lipinski definition) is 4. The molecule has 0 saturated carbocycles. The number of halogens is 1. The third kappa shape index (κ3) is 3.10. The molecule has 1 aromatic heterocycles. The number of ether oxygens (including phenoxy) is 2. The maximum absolute atomic E-state index is 6.19. The lowest BCUT2D eigenvalue weighted by Crippen LogP contribution is -2.37. The summed E-state index contributed by atoms with van der Waals surface area (Å²) >= 11 is 6.19. The zero-order valence-electron chi connectivity index (χ0n) is 11.1. The van der Waals surface area contributed by atoms with Gasteiger partial charge in [-0.3, -0.25) is 4.98 Å². The van der Waals surface area contributed by atoms with Gasteiger partial charge in [-0.25, -0.2) is 0 Å². The molecule has 0 bridgehead atoms. The van der Waals surface area contributed by atoms with Crippen LogP contribution in [0.1, 0.15) is 5.56 Å². The van der Waals surface area contributed by atoms with Crippen LogP contribution in [0.15, 0.2) is 30.5 Å². The summed E-state index contributed by atoms with van der Waals surface area (Å²) in [4.78, 5) is 4.43. The standard InChI is InChI=1S/C15H17ClN2O2/c16-14-4-3-11(15-13(14)2-1-5-18-15)8-17-9-12-10-19-6-7-20-12/h1-5,12,17H,6-10H2. The first-order valence-electron chi connectivity index (χ1n) is 6.77. The van der Waals surface area contributed by atoms with E-state index in [1.807, 2.05) is 24.3 Å². The van der Waals surface area contributed by atoms with E-state index in [1.54, 1.807) is 6.20 Å². The molecule has 2 aromatic rings. The molecule has 0 spiro atoms. The predicted octanol–water partition coefficient (Wildman–Crippen LogP) is 2.39. The molecule has 1 aromatic carbocycles. The molecule has 0 aliphatic carbocycles. The van der Waals surface area contributed by atoms with Gasteiger partial charge >= 0.3 is 0 Å². The summed E-state index contributed by atoms with van der Waals surface area (Å²) < 4.78 is 11.0. The maximum Gasteiger partial charge on any atom is 0.0933 e. The van der Waals surface area contributed by atoms with Crippen molar-refractivity contribution in [3.8, 4) is 0 Å². The van der Waals surface area contributed by atoms with Crippen molar-refractivity contribution in [2.75, 3.05) is 26.4 Å². The quantitative estimate of drug-likeness (QED) is 0.940. The van der Waals surface area contributed by atoms with E-state index < -0.39 is 0 Å². The van der Waals surface area contributed by atoms with Crippen LogP contribution in [-0.4, -0.2) is 37.5 Å². The number of aromatic nitrogens is 1. The number of pyridine rings is 1. The first-order chi connectivity index (χ1) is 9.84. The first-order valence-corrected chi connectivity index (χ1v) is 7.14. The average Bonchev–Trinajstić information content (AvgIpc) is 2.51. The number of nitrogens with zero attached hydrogens (tertiary/aromatic N) is 1. The maximum atomic E-state index is 6.19. The van der Waals surface area contributed by atoms with Gasteiger partial charge in [-0.15, -0.1) is 0 Å². The molecule has 106 valence electrons. The van der Waals surface area contributed by atoms with Gasteiger partial charge in [-0.2, -0.15) is 0 Å². The molecule has 5 heteroatoms. The monoisotopic (exact) mass is 292 g/mol. The molecule has 1 N–H and O–H groups in total. The van der Waals surface area contributed by atoms with Gasteiger partial charge in [-0.1, -0.05) is 17.7 Å². The molecular weight excluding hydrogens is 276 g/mol. The van der Waals surface area contributed by atoms with E-state index in [0.717, 1.165) is 34.6 Å². The highest BCUT2D eigenvalue weighted by Gasteiger charge is 2.14. The van der Waals surface area contributed by atoms with Crippen LogP contribution in [-0.2, 0) is 16.0 Å². The summed E-state index contributed by atoms with van der Waals surface area (Å²) in [5, 5.41) is 5.12. The van der Waals surface area contributed by atoms with Gasteiger partial charge in [0.2, 0.25) is 0 Å². The van der Waals surface area contributed by atoms with E-state index in [0.29, 0.717) is 19.8 Å². The van der Waals surface area contributed by atoms with Crippen LogP contribution >= 0.6 is 11.6 Å². The van der Waals surface area contributed by atoms with Crippen LogP contribution in [0, 0.1) is 0 Å². The minimum absolute atomic E-state index is 0.135. The second-order valence-corrected chi connectivity index (χ2v) is 5.21. The van der Waals surface area contributed by atoms with Crippen LogP contribution in [0.2, 0.25) is 5.02 Å². The van der Waals surface area contributed by atoms with Crippen molar-refractivity contribution in [2.45, 2.75) is 12.6 Å². The molecule has 1 fully saturated rings. The van der Waals surface area contributed by atoms with Crippen molar-refractivity contribution in [1.29, 1.82) is 0 Å². The molecule has 2 heterocycles. The minimum Gasteiger partial charge on any atom is -0.376 e. The van der Waals surface area contributed by atoms with Crippen LogP contribution in [0.4, 0.5) is 0 Å². The number of rotatable bonds is 4. The molecule has 4 nitrogen and oxygen atoms in total. The number of benzene rings is 1. The van der Waals surface area contributed by atoms with E-state index in [1.165, 1.54) is 0 Å². The summed E-state index contributed by atoms with van der Waals surface area (Å²) in [5.41, 5.74) is 2.09. The van der Waals surface area contributed by atoms with E-state index in [2.05, 4.69) is 10.3 Å². The van der Waals surface area contributed by atoms with Crippen LogP contribution in [0.3, 0.4) is 0 Å². The summed E-state index contributed by atoms with van der Waals surface area (Å²) in [7, 11) is 0. The molecule has 0 amide bonds. The lowest BCUT2D eigenvalue weighted by atomic mass is 10.1. The highest BCUT2D eigenvalue weighted by atomic mass is 35.5. The zero-order chi connectivity index (χ0) is 13.8. The van der Waals surface area contributed by atoms with Crippen molar-refractivity contribution in [3.63, 3.8) is 0 Å². The summed E-state index contributed by atoms with van der Waals surface area (Å²) in [6.07, 6.45) is 1.93. The van der Waals surface area contributed by atoms with Crippen LogP contribution in [0.25, 0.3) is 10.9 Å². The van der Waals surface area contributed by atoms with Gasteiger partial charge in [0.25, 0.3) is 0 Å². The third-order valence-electron chi connectivity index (χ3n) is 3.37. The minimum atomic E-state index is 0.135. The fourth-order valence-electron chi connectivity index (χ4n) is 2.36. The molecule has 1 unspecified atom stereocenters. The Labute approximate surface area is 123 Å². The van der Waals surface area contributed by atoms with Crippen molar-refractivity contribution in [2.24, 2.45) is 0 Å². The van der Waals surface area contributed by atoms with E-state index in [9.17, 15) is 0 Å². The van der Waals surface area contributed by atoms with Crippen molar-refractivity contribution >= 4 is 22.5 Å². The molecule has 1 aliphatic heterocycles. The Balaban J connectivity index is 1.67. The Morgan fingerprint density at radius 2 is 2.25 bits per heavy atom. The number of fused-ring (bicyclic) bond motifs is 1. The topological polar surface area (TPSA) is 43.4 Å². The molecule has 0 radical (unpaired) electrons. The Morgan fingerprint density at radius 1 is 1.30 bits per heavy atom. The van der Waals surface area contributed by atoms with Gasteiger partial charge in [0.1, 0.15) is 0 Å². The summed E-state index contributed by atoms with van der Waals surface area (Å²) in [6, 6.07) is 7.83. The van der Waals surface area contributed by atoms with Gasteiger partial charge in [0, 0.05) is 29.7 Å². The predicted molar refractivity (Wildman–Crippen MR) is 79.0 cm³/mol. The average molecular weight is 293 g/mol. The summed E-state index contributed by atoms with van der Waals surface area (Å²) in [6.45, 7) is 3.55. The molecule has 1 atom stereocenters. The lowest BCUT2D eigenvalue weighted by molar-refractivity contribution is -0.0864. The third-order valence-corrected chi connectivity index (χ3v) is 3.70. The second-order valence-electron chi connectivity index (χ2n) is 4.80. The molecular formula is C15H17ClN2O2. The van der Waals surface area contributed by atoms with Gasteiger partial charge in [0.15, 0.2) is 0 Å². The Kier molecular flexibility index (Phi) is 4.47. The van der Waals surface area contributed by atoms with Crippen LogP contribution in [0.5, 0.6) is 0 Å². The van der Waals surface area contributed by atoms with E-state index in [-0.39, 0.29) is 6.10 Å². The van der Waals surface area contributed by atoms with Gasteiger partial charge < -0.3 is 14.8 Å². The number of nitrogens with one attached hydrogen (secondary N) is 1. The van der Waals surface area contributed by atoms with Crippen molar-refractivity contribution in [3.05, 3.63) is 41.0 Å². The van der Waals surface area contributed by atoms with E-state index >= 15 is 0 Å². The van der Waals surface area contributed by atoms with Gasteiger partial charge in [-0.05, 0) is 23.8 Å². The Morgan fingerprint density at radius 3 is 3.10 bits per heavy atom. The second kappa shape index (κ2) is 6.50. The first kappa shape index (κ1) is 13.8. The van der Waals surface area contributed by atoms with Crippen molar-refractivity contribution in [1.82, 2.24) is 10.3 Å². The fraction of sp³-hybridized carbons (Fsp3) is 0.400. The highest BCUT2D eigenvalue weighted by molar-refractivity contribution is 6.35. The van der Waals surface area contributed by atoms with Crippen molar-refractivity contribution < 1.29 is 9.47 Å². The summed E-state index contributed by atoms with van der Waals surface area (Å²) in [5.74, 6) is 0. The normalized spacial score (nSPS) is 19.4. The van der Waals surface area contributed by atoms with Crippen LogP contribution < -0.4 is 5.32 Å². The fourth-order valence-corrected chi connectivity index (χ4v) is 2.58. The Hall–Kier alpha value is -1.20. The van der Waals surface area contributed by atoms with Gasteiger partial charge in [0.05, 0.1) is 31.4 Å². The Bertz CT molecular complexity index is 585. The molecule has 20 heavy (non-hydrogen) atoms. The molecule has 3 rings (SSSR count). The zero-order valence-corrected chi connectivity index (χ0v) is 11.9. The largest absolute Gasteiger partial charge is 0.376 e.